The molecule has 0 radical (unpaired) electrons. The maximum atomic E-state index is 6.36. The molecule has 3 aromatic rings. The van der Waals surface area contributed by atoms with Crippen molar-refractivity contribution in [1.82, 2.24) is 15.0 Å². The zero-order chi connectivity index (χ0) is 17.4. The summed E-state index contributed by atoms with van der Waals surface area (Å²) in [5.41, 5.74) is 0.844. The first-order chi connectivity index (χ1) is 12.1. The summed E-state index contributed by atoms with van der Waals surface area (Å²) < 4.78 is 0.966. The Labute approximate surface area is 159 Å². The number of fused-ring (bicyclic) bond motifs is 1. The molecule has 0 amide bonds. The molecule has 1 fully saturated rings. The summed E-state index contributed by atoms with van der Waals surface area (Å²) in [6.45, 7) is 5.53. The minimum atomic E-state index is 0.668. The highest BCUT2D eigenvalue weighted by Crippen LogP contribution is 2.29. The Balaban J connectivity index is 1.53. The highest BCUT2D eigenvalue weighted by Gasteiger charge is 2.19. The maximum Gasteiger partial charge on any atom is 0.132 e. The molecule has 1 saturated heterocycles. The van der Waals surface area contributed by atoms with Crippen molar-refractivity contribution in [2.75, 3.05) is 36.0 Å². The summed E-state index contributed by atoms with van der Waals surface area (Å²) in [4.78, 5) is 18.0. The standard InChI is InChI=1S/C18H17BrClN5/c1-12-21-5-4-17(22-12)25-8-6-24(7-9-25)16-3-2-13-10-14(19)11-15(20)18(13)23-16/h2-5,10-11H,6-9H2,1H3. The van der Waals surface area contributed by atoms with Crippen molar-refractivity contribution in [1.29, 1.82) is 0 Å². The molecule has 3 heterocycles. The van der Waals surface area contributed by atoms with Crippen LogP contribution in [0.15, 0.2) is 41.0 Å². The van der Waals surface area contributed by atoms with Gasteiger partial charge in [0.15, 0.2) is 0 Å². The number of benzene rings is 1. The number of anilines is 2. The van der Waals surface area contributed by atoms with Gasteiger partial charge in [-0.25, -0.2) is 15.0 Å². The van der Waals surface area contributed by atoms with E-state index in [2.05, 4.69) is 47.8 Å². The van der Waals surface area contributed by atoms with E-state index in [-0.39, 0.29) is 0 Å². The number of aryl methyl sites for hydroxylation is 1. The van der Waals surface area contributed by atoms with E-state index in [9.17, 15) is 0 Å². The molecule has 0 atom stereocenters. The van der Waals surface area contributed by atoms with Crippen LogP contribution in [-0.2, 0) is 0 Å². The average Bonchev–Trinajstić information content (AvgIpc) is 2.61. The number of hydrogen-bond donors (Lipinski definition) is 0. The molecule has 1 aliphatic heterocycles. The Morgan fingerprint density at radius 3 is 2.32 bits per heavy atom. The van der Waals surface area contributed by atoms with Gasteiger partial charge in [-0.1, -0.05) is 27.5 Å². The molecule has 0 unspecified atom stereocenters. The SMILES string of the molecule is Cc1nccc(N2CCN(c3ccc4cc(Br)cc(Cl)c4n3)CC2)n1. The van der Waals surface area contributed by atoms with Crippen LogP contribution in [0, 0.1) is 6.92 Å². The zero-order valence-corrected chi connectivity index (χ0v) is 16.1. The van der Waals surface area contributed by atoms with Crippen molar-refractivity contribution in [3.8, 4) is 0 Å². The van der Waals surface area contributed by atoms with Gasteiger partial charge in [0.1, 0.15) is 17.5 Å². The van der Waals surface area contributed by atoms with E-state index in [4.69, 9.17) is 16.6 Å². The summed E-state index contributed by atoms with van der Waals surface area (Å²) >= 11 is 9.83. The van der Waals surface area contributed by atoms with E-state index >= 15 is 0 Å². The van der Waals surface area contributed by atoms with Crippen LogP contribution >= 0.6 is 27.5 Å². The zero-order valence-electron chi connectivity index (χ0n) is 13.8. The smallest absolute Gasteiger partial charge is 0.132 e. The van der Waals surface area contributed by atoms with Gasteiger partial charge in [-0.05, 0) is 37.3 Å². The van der Waals surface area contributed by atoms with Gasteiger partial charge < -0.3 is 9.80 Å². The Kier molecular flexibility index (Phi) is 4.48. The molecule has 0 spiro atoms. The van der Waals surface area contributed by atoms with Crippen molar-refractivity contribution < 1.29 is 0 Å². The van der Waals surface area contributed by atoms with Crippen LogP contribution in [0.5, 0.6) is 0 Å². The van der Waals surface area contributed by atoms with Crippen LogP contribution in [0.4, 0.5) is 11.6 Å². The Hall–Kier alpha value is -1.92. The molecule has 7 heteroatoms. The first-order valence-corrected chi connectivity index (χ1v) is 9.32. The number of aromatic nitrogens is 3. The molecule has 0 bridgehead atoms. The number of nitrogens with zero attached hydrogens (tertiary/aromatic N) is 5. The molecule has 128 valence electrons. The van der Waals surface area contributed by atoms with Gasteiger partial charge in [-0.15, -0.1) is 0 Å². The summed E-state index contributed by atoms with van der Waals surface area (Å²) in [5, 5.41) is 1.71. The van der Waals surface area contributed by atoms with E-state index in [0.29, 0.717) is 5.02 Å². The lowest BCUT2D eigenvalue weighted by molar-refractivity contribution is 0.641. The fourth-order valence-electron chi connectivity index (χ4n) is 3.11. The van der Waals surface area contributed by atoms with E-state index in [1.165, 1.54) is 0 Å². The van der Waals surface area contributed by atoms with Crippen LogP contribution in [-0.4, -0.2) is 41.1 Å². The maximum absolute atomic E-state index is 6.36. The third-order valence-corrected chi connectivity index (χ3v) is 5.13. The molecular weight excluding hydrogens is 402 g/mol. The van der Waals surface area contributed by atoms with Crippen LogP contribution in [0.25, 0.3) is 10.9 Å². The molecule has 1 aromatic carbocycles. The van der Waals surface area contributed by atoms with Gasteiger partial charge in [-0.2, -0.15) is 0 Å². The highest BCUT2D eigenvalue weighted by molar-refractivity contribution is 9.10. The summed E-state index contributed by atoms with van der Waals surface area (Å²) in [7, 11) is 0. The average molecular weight is 419 g/mol. The third kappa shape index (κ3) is 3.41. The first kappa shape index (κ1) is 16.5. The van der Waals surface area contributed by atoms with E-state index in [0.717, 1.165) is 59.0 Å². The number of rotatable bonds is 2. The monoisotopic (exact) mass is 417 g/mol. The summed E-state index contributed by atoms with van der Waals surface area (Å²) in [5.74, 6) is 2.76. The molecular formula is C18H17BrClN5. The van der Waals surface area contributed by atoms with Crippen LogP contribution in [0.2, 0.25) is 5.02 Å². The topological polar surface area (TPSA) is 45.2 Å². The molecule has 25 heavy (non-hydrogen) atoms. The quantitative estimate of drug-likeness (QED) is 0.627. The van der Waals surface area contributed by atoms with E-state index in [1.807, 2.05) is 31.3 Å². The van der Waals surface area contributed by atoms with Crippen molar-refractivity contribution in [3.05, 3.63) is 51.8 Å². The molecule has 1 aliphatic rings. The Morgan fingerprint density at radius 1 is 0.960 bits per heavy atom. The predicted octanol–water partition coefficient (Wildman–Crippen LogP) is 4.08. The second-order valence-electron chi connectivity index (χ2n) is 6.06. The van der Waals surface area contributed by atoms with E-state index in [1.54, 1.807) is 0 Å². The number of piperazine rings is 1. The molecule has 5 nitrogen and oxygen atoms in total. The molecule has 4 rings (SSSR count). The normalized spacial score (nSPS) is 15.0. The van der Waals surface area contributed by atoms with Crippen molar-refractivity contribution in [2.45, 2.75) is 6.92 Å². The predicted molar refractivity (Wildman–Crippen MR) is 106 cm³/mol. The van der Waals surface area contributed by atoms with Gasteiger partial charge in [-0.3, -0.25) is 0 Å². The van der Waals surface area contributed by atoms with Crippen molar-refractivity contribution >= 4 is 50.1 Å². The van der Waals surface area contributed by atoms with Crippen LogP contribution < -0.4 is 9.80 Å². The second-order valence-corrected chi connectivity index (χ2v) is 7.39. The molecule has 2 aromatic heterocycles. The number of halogens is 2. The van der Waals surface area contributed by atoms with Crippen LogP contribution in [0.3, 0.4) is 0 Å². The van der Waals surface area contributed by atoms with Gasteiger partial charge in [0.25, 0.3) is 0 Å². The summed E-state index contributed by atoms with van der Waals surface area (Å²) in [6, 6.07) is 10.0. The van der Waals surface area contributed by atoms with Gasteiger partial charge in [0.2, 0.25) is 0 Å². The third-order valence-electron chi connectivity index (χ3n) is 4.38. The highest BCUT2D eigenvalue weighted by atomic mass is 79.9. The van der Waals surface area contributed by atoms with Gasteiger partial charge in [0.05, 0.1) is 10.5 Å². The minimum absolute atomic E-state index is 0.668. The molecule has 0 N–H and O–H groups in total. The molecule has 0 aliphatic carbocycles. The first-order valence-electron chi connectivity index (χ1n) is 8.15. The lowest BCUT2D eigenvalue weighted by atomic mass is 10.2. The van der Waals surface area contributed by atoms with Crippen molar-refractivity contribution in [3.63, 3.8) is 0 Å². The lowest BCUT2D eigenvalue weighted by Crippen LogP contribution is -2.47. The number of hydrogen-bond acceptors (Lipinski definition) is 5. The largest absolute Gasteiger partial charge is 0.353 e. The lowest BCUT2D eigenvalue weighted by Gasteiger charge is -2.36. The minimum Gasteiger partial charge on any atom is -0.353 e. The van der Waals surface area contributed by atoms with E-state index < -0.39 is 0 Å². The van der Waals surface area contributed by atoms with Gasteiger partial charge in [0, 0.05) is 42.2 Å². The molecule has 0 saturated carbocycles. The second kappa shape index (κ2) is 6.77. The van der Waals surface area contributed by atoms with Gasteiger partial charge >= 0.3 is 0 Å². The fourth-order valence-corrected chi connectivity index (χ4v) is 3.98. The fraction of sp³-hybridized carbons (Fsp3) is 0.278. The Morgan fingerprint density at radius 2 is 1.64 bits per heavy atom. The van der Waals surface area contributed by atoms with Crippen molar-refractivity contribution in [2.24, 2.45) is 0 Å². The summed E-state index contributed by atoms with van der Waals surface area (Å²) in [6.07, 6.45) is 1.81. The number of pyridine rings is 1. The Bertz CT molecular complexity index is 924. The van der Waals surface area contributed by atoms with Crippen LogP contribution in [0.1, 0.15) is 5.82 Å².